The summed E-state index contributed by atoms with van der Waals surface area (Å²) in [5.74, 6) is -5.49. The molecule has 5 aliphatic heterocycles. The zero-order chi connectivity index (χ0) is 62.8. The van der Waals surface area contributed by atoms with E-state index in [4.69, 9.17) is 9.47 Å². The van der Waals surface area contributed by atoms with Crippen LogP contribution in [-0.4, -0.2) is 178 Å². The van der Waals surface area contributed by atoms with E-state index in [9.17, 15) is 42.3 Å². The van der Waals surface area contributed by atoms with E-state index in [0.29, 0.717) is 119 Å². The largest absolute Gasteiger partial charge is 0.444 e. The lowest BCUT2D eigenvalue weighted by atomic mass is 9.65. The highest BCUT2D eigenvalue weighted by Gasteiger charge is 2.55. The normalized spacial score (nSPS) is 22.2. The van der Waals surface area contributed by atoms with Crippen LogP contribution in [0.15, 0.2) is 83.7 Å². The number of hydrogen-bond acceptors (Lipinski definition) is 11. The molecule has 1 unspecified atom stereocenters. The molecule has 22 heteroatoms. The van der Waals surface area contributed by atoms with Crippen LogP contribution in [0.1, 0.15) is 140 Å². The van der Waals surface area contributed by atoms with Crippen LogP contribution in [0.3, 0.4) is 0 Å². The zero-order valence-electron chi connectivity index (χ0n) is 50.9. The third kappa shape index (κ3) is 14.0. The highest BCUT2D eigenvalue weighted by atomic mass is 19.1. The molecule has 0 spiro atoms. The standard InChI is InChI=1S/C67H79F4N9O9/c1-65(2,3)89-64(87)80(39-46-19-20-47(68)37-54(46)70)40-56(81)79-26-10-13-45(38-79)48-16-9-17-51(57(48)71)59(82)72-58(44-11-5-4-6-12-44)62(85)77-29-27-75(28-30-77)41-67-24-22-66(23-25-67,42-88-67)63(86)78-33-31-76(32-34-78)61(84)52-35-43(18-21-53(52)69)36-55-49-14-7-8-15-50(49)60(83)74-73-55/h7-9,14-21,35,37,44-45,58H,4-6,10-13,22-34,36,38-42H2,1-3H3,(H,72,82)(H,74,83)/t45?,58-,66?,67?/m1/s1. The number of carbonyl (C=O) groups is 6. The number of hydrogen-bond donors (Lipinski definition) is 2. The molecule has 2 saturated carbocycles. The number of benzene rings is 4. The van der Waals surface area contributed by atoms with Gasteiger partial charge in [0.1, 0.15) is 41.5 Å². The molecule has 6 heterocycles. The molecule has 18 nitrogen and oxygen atoms in total. The van der Waals surface area contributed by atoms with Crippen molar-refractivity contribution in [2.75, 3.05) is 85.1 Å². The van der Waals surface area contributed by atoms with Gasteiger partial charge in [-0.1, -0.05) is 61.7 Å². The summed E-state index contributed by atoms with van der Waals surface area (Å²) in [4.78, 5) is 107. The zero-order valence-corrected chi connectivity index (χ0v) is 50.9. The van der Waals surface area contributed by atoms with Crippen LogP contribution in [0.5, 0.6) is 0 Å². The average molecular weight is 1230 g/mol. The van der Waals surface area contributed by atoms with Gasteiger partial charge in [0.25, 0.3) is 17.4 Å². The highest BCUT2D eigenvalue weighted by molar-refractivity contribution is 5.98. The maximum Gasteiger partial charge on any atom is 0.411 e. The Labute approximate surface area is 515 Å². The van der Waals surface area contributed by atoms with Crippen molar-refractivity contribution in [3.63, 3.8) is 0 Å². The van der Waals surface area contributed by atoms with E-state index in [1.54, 1.807) is 60.9 Å². The van der Waals surface area contributed by atoms with Crippen LogP contribution in [0, 0.1) is 34.6 Å². The molecule has 474 valence electrons. The topological polar surface area (TPSA) is 198 Å². The summed E-state index contributed by atoms with van der Waals surface area (Å²) in [6.07, 6.45) is 7.45. The fourth-order valence-electron chi connectivity index (χ4n) is 14.1. The lowest BCUT2D eigenvalue weighted by Crippen LogP contribution is -2.64. The Balaban J connectivity index is 0.663. The summed E-state index contributed by atoms with van der Waals surface area (Å²) >= 11 is 0. The van der Waals surface area contributed by atoms with Gasteiger partial charge in [-0.25, -0.2) is 27.5 Å². The Morgan fingerprint density at radius 1 is 0.742 bits per heavy atom. The summed E-state index contributed by atoms with van der Waals surface area (Å²) in [5.41, 5.74) is -1.12. The van der Waals surface area contributed by atoms with E-state index >= 15 is 8.78 Å². The first-order valence-electron chi connectivity index (χ1n) is 31.4. The number of amides is 6. The summed E-state index contributed by atoms with van der Waals surface area (Å²) in [6, 6.07) is 18.2. The quantitative estimate of drug-likeness (QED) is 0.0956. The SMILES string of the molecule is CC(C)(C)OC(=O)N(CC(=O)N1CCCC(c2cccc(C(=O)N[C@@H](C(=O)N3CCN(CC45CCC(C(=O)N6CCN(C(=O)c7cc(Cc8n[nH]c(=O)c9ccccc89)ccc7F)CC6)(CC4)CO5)CC3)C3CCCCC3)c2F)C1)Cc1ccc(F)cc1F. The van der Waals surface area contributed by atoms with Crippen molar-refractivity contribution in [3.05, 3.63) is 146 Å². The smallest absolute Gasteiger partial charge is 0.411 e. The number of nitrogens with one attached hydrogen (secondary N) is 2. The molecular weight excluding hydrogens is 1150 g/mol. The van der Waals surface area contributed by atoms with Gasteiger partial charge in [-0.2, -0.15) is 5.10 Å². The Morgan fingerprint density at radius 3 is 2.15 bits per heavy atom. The lowest BCUT2D eigenvalue weighted by molar-refractivity contribution is -0.203. The number of piperazine rings is 2. The van der Waals surface area contributed by atoms with Crippen molar-refractivity contribution in [2.24, 2.45) is 11.3 Å². The molecule has 89 heavy (non-hydrogen) atoms. The van der Waals surface area contributed by atoms with Crippen molar-refractivity contribution in [1.82, 2.24) is 44.9 Å². The third-order valence-electron chi connectivity index (χ3n) is 19.2. The van der Waals surface area contributed by atoms with E-state index in [-0.39, 0.29) is 84.8 Å². The lowest BCUT2D eigenvalue weighted by Gasteiger charge is -2.55. The number of piperidine rings is 1. The summed E-state index contributed by atoms with van der Waals surface area (Å²) in [5, 5.41) is 10.9. The molecule has 7 aliphatic rings. The number of aromatic amines is 1. The minimum atomic E-state index is -0.931. The Kier molecular flexibility index (Phi) is 18.6. The van der Waals surface area contributed by atoms with E-state index in [1.165, 1.54) is 29.2 Å². The number of fused-ring (bicyclic) bond motifs is 4. The minimum Gasteiger partial charge on any atom is -0.444 e. The average Bonchev–Trinajstić information content (AvgIpc) is 0.988. The number of nitrogens with zero attached hydrogens (tertiary/aromatic N) is 7. The summed E-state index contributed by atoms with van der Waals surface area (Å²) < 4.78 is 72.9. The van der Waals surface area contributed by atoms with Crippen molar-refractivity contribution in [3.8, 4) is 0 Å². The molecular formula is C67H79F4N9O9. The van der Waals surface area contributed by atoms with Gasteiger partial charge >= 0.3 is 6.09 Å². The first kappa shape index (κ1) is 62.9. The van der Waals surface area contributed by atoms with Crippen LogP contribution < -0.4 is 10.9 Å². The molecule has 2 aliphatic carbocycles. The number of carbonyl (C=O) groups excluding carboxylic acids is 6. The predicted octanol–water partition coefficient (Wildman–Crippen LogP) is 8.35. The van der Waals surface area contributed by atoms with Crippen molar-refractivity contribution < 1.29 is 55.8 Å². The first-order chi connectivity index (χ1) is 42.6. The first-order valence-corrected chi connectivity index (χ1v) is 31.4. The molecule has 6 amide bonds. The fraction of sp³-hybridized carbons (Fsp3) is 0.522. The van der Waals surface area contributed by atoms with E-state index in [2.05, 4.69) is 20.4 Å². The van der Waals surface area contributed by atoms with Gasteiger partial charge in [0.2, 0.25) is 17.7 Å². The molecule has 12 rings (SSSR count). The number of ether oxygens (including phenoxy) is 2. The predicted molar refractivity (Wildman–Crippen MR) is 322 cm³/mol. The maximum absolute atomic E-state index is 16.8. The van der Waals surface area contributed by atoms with E-state index < -0.39 is 82.2 Å². The molecule has 2 N–H and O–H groups in total. The number of halogens is 4. The Hall–Kier alpha value is -7.72. The van der Waals surface area contributed by atoms with Gasteiger partial charge in [0.15, 0.2) is 0 Å². The second-order valence-corrected chi connectivity index (χ2v) is 26.3. The molecule has 1 aromatic heterocycles. The second-order valence-electron chi connectivity index (χ2n) is 26.3. The monoisotopic (exact) mass is 1230 g/mol. The van der Waals surface area contributed by atoms with E-state index in [1.807, 2.05) is 17.0 Å². The van der Waals surface area contributed by atoms with Gasteiger partial charge in [-0.15, -0.1) is 0 Å². The molecule has 7 fully saturated rings. The van der Waals surface area contributed by atoms with Crippen molar-refractivity contribution in [1.29, 1.82) is 0 Å². The van der Waals surface area contributed by atoms with Crippen LogP contribution in [0.2, 0.25) is 0 Å². The second kappa shape index (κ2) is 26.4. The molecule has 4 aromatic carbocycles. The Morgan fingerprint density at radius 2 is 1.45 bits per heavy atom. The number of H-pyrrole nitrogens is 1. The molecule has 5 aromatic rings. The minimum absolute atomic E-state index is 0.00710. The van der Waals surface area contributed by atoms with E-state index in [0.717, 1.165) is 43.1 Å². The fourth-order valence-corrected chi connectivity index (χ4v) is 14.1. The molecule has 5 saturated heterocycles. The van der Waals surface area contributed by atoms with Crippen molar-refractivity contribution in [2.45, 2.75) is 128 Å². The number of aromatic nitrogens is 2. The van der Waals surface area contributed by atoms with Crippen LogP contribution in [0.25, 0.3) is 10.8 Å². The van der Waals surface area contributed by atoms with Crippen LogP contribution in [0.4, 0.5) is 22.4 Å². The van der Waals surface area contributed by atoms with Gasteiger partial charge in [-0.05, 0) is 120 Å². The molecule has 2 bridgehead atoms. The van der Waals surface area contributed by atoms with Crippen molar-refractivity contribution >= 4 is 46.4 Å². The van der Waals surface area contributed by atoms with Crippen LogP contribution in [-0.2, 0) is 36.8 Å². The third-order valence-corrected chi connectivity index (χ3v) is 19.2. The summed E-state index contributed by atoms with van der Waals surface area (Å²) in [7, 11) is 0. The van der Waals surface area contributed by atoms with Gasteiger partial charge < -0.3 is 34.4 Å². The highest BCUT2D eigenvalue weighted by Crippen LogP contribution is 2.50. The molecule has 0 radical (unpaired) electrons. The number of likely N-dealkylation sites (tertiary alicyclic amines) is 1. The van der Waals surface area contributed by atoms with Gasteiger partial charge in [-0.3, -0.25) is 38.6 Å². The maximum atomic E-state index is 16.8. The number of rotatable bonds is 15. The van der Waals surface area contributed by atoms with Crippen LogP contribution >= 0.6 is 0 Å². The molecule has 2 atom stereocenters. The van der Waals surface area contributed by atoms with Gasteiger partial charge in [0, 0.05) is 101 Å². The van der Waals surface area contributed by atoms with Gasteiger partial charge in [0.05, 0.1) is 46.4 Å². The summed E-state index contributed by atoms with van der Waals surface area (Å²) in [6.45, 7) is 8.61. The Bertz CT molecular complexity index is 3530.